The normalized spacial score (nSPS) is 20.0. The Hall–Kier alpha value is -1.06. The maximum absolute atomic E-state index is 5.98. The molecule has 1 aliphatic heterocycles. The molecule has 1 heterocycles. The fraction of sp³-hybridized carbons (Fsp3) is 0.571. The van der Waals surface area contributed by atoms with Crippen molar-refractivity contribution in [1.82, 2.24) is 4.90 Å². The van der Waals surface area contributed by atoms with Crippen molar-refractivity contribution in [2.75, 3.05) is 32.0 Å². The number of para-hydroxylation sites is 1. The van der Waals surface area contributed by atoms with Crippen LogP contribution in [0.2, 0.25) is 0 Å². The highest BCUT2D eigenvalue weighted by Crippen LogP contribution is 2.17. The number of rotatable bonds is 5. The summed E-state index contributed by atoms with van der Waals surface area (Å²) in [6.07, 6.45) is 1.20. The molecule has 0 bridgehead atoms. The number of nitrogen functional groups attached to an aromatic ring is 1. The van der Waals surface area contributed by atoms with E-state index in [1.54, 1.807) is 0 Å². The van der Waals surface area contributed by atoms with Gasteiger partial charge in [-0.05, 0) is 30.5 Å². The number of hydrogen-bond acceptors (Lipinski definition) is 3. The lowest BCUT2D eigenvalue weighted by Crippen LogP contribution is -2.29. The quantitative estimate of drug-likeness (QED) is 0.793. The summed E-state index contributed by atoms with van der Waals surface area (Å²) in [6, 6.07) is 8.13. The number of hydrogen-bond donors (Lipinski definition) is 1. The zero-order valence-electron chi connectivity index (χ0n) is 10.6. The second-order valence-corrected chi connectivity index (χ2v) is 4.76. The Labute approximate surface area is 104 Å². The number of nitrogens with two attached hydrogens (primary N) is 1. The first-order valence-electron chi connectivity index (χ1n) is 6.43. The molecule has 2 rings (SSSR count). The molecule has 0 spiro atoms. The summed E-state index contributed by atoms with van der Waals surface area (Å²) >= 11 is 0. The molecule has 17 heavy (non-hydrogen) atoms. The molecular weight excluding hydrogens is 212 g/mol. The minimum Gasteiger partial charge on any atom is -0.398 e. The summed E-state index contributed by atoms with van der Waals surface area (Å²) in [5.41, 5.74) is 8.11. The van der Waals surface area contributed by atoms with Gasteiger partial charge in [-0.15, -0.1) is 0 Å². The van der Waals surface area contributed by atoms with E-state index in [1.807, 2.05) is 12.1 Å². The average molecular weight is 234 g/mol. The van der Waals surface area contributed by atoms with Gasteiger partial charge in [0, 0.05) is 25.4 Å². The van der Waals surface area contributed by atoms with Gasteiger partial charge in [-0.25, -0.2) is 0 Å². The Balaban J connectivity index is 1.92. The lowest BCUT2D eigenvalue weighted by atomic mass is 10.1. The van der Waals surface area contributed by atoms with E-state index in [4.69, 9.17) is 10.5 Å². The molecule has 2 N–H and O–H groups in total. The second kappa shape index (κ2) is 6.03. The van der Waals surface area contributed by atoms with Crippen LogP contribution in [0.5, 0.6) is 0 Å². The van der Waals surface area contributed by atoms with Gasteiger partial charge < -0.3 is 10.5 Å². The zero-order valence-corrected chi connectivity index (χ0v) is 10.6. The molecule has 94 valence electrons. The summed E-state index contributed by atoms with van der Waals surface area (Å²) in [5, 5.41) is 0. The molecule has 0 radical (unpaired) electrons. The van der Waals surface area contributed by atoms with Crippen molar-refractivity contribution in [2.45, 2.75) is 19.9 Å². The number of nitrogens with zero attached hydrogens (tertiary/aromatic N) is 1. The maximum Gasteiger partial charge on any atom is 0.0507 e. The van der Waals surface area contributed by atoms with E-state index in [-0.39, 0.29) is 0 Å². The van der Waals surface area contributed by atoms with Gasteiger partial charge in [0.25, 0.3) is 0 Å². The highest BCUT2D eigenvalue weighted by Gasteiger charge is 2.18. The third-order valence-electron chi connectivity index (χ3n) is 3.44. The van der Waals surface area contributed by atoms with Gasteiger partial charge in [-0.2, -0.15) is 0 Å². The fourth-order valence-electron chi connectivity index (χ4n) is 2.32. The first-order chi connectivity index (χ1) is 8.29. The van der Waals surface area contributed by atoms with Crippen molar-refractivity contribution in [3.63, 3.8) is 0 Å². The summed E-state index contributed by atoms with van der Waals surface area (Å²) in [7, 11) is 0. The first kappa shape index (κ1) is 12.4. The van der Waals surface area contributed by atoms with Gasteiger partial charge in [0.1, 0.15) is 0 Å². The molecule has 1 fully saturated rings. The van der Waals surface area contributed by atoms with E-state index < -0.39 is 0 Å². The Morgan fingerprint density at radius 1 is 1.41 bits per heavy atom. The smallest absolute Gasteiger partial charge is 0.0507 e. The van der Waals surface area contributed by atoms with Crippen molar-refractivity contribution >= 4 is 5.69 Å². The van der Waals surface area contributed by atoms with E-state index >= 15 is 0 Å². The second-order valence-electron chi connectivity index (χ2n) is 4.76. The van der Waals surface area contributed by atoms with E-state index in [0.717, 1.165) is 38.5 Å². The summed E-state index contributed by atoms with van der Waals surface area (Å²) in [4.78, 5) is 2.45. The third kappa shape index (κ3) is 3.45. The summed E-state index contributed by atoms with van der Waals surface area (Å²) in [6.45, 7) is 7.17. The lowest BCUT2D eigenvalue weighted by Gasteiger charge is -2.24. The molecule has 1 saturated heterocycles. The largest absolute Gasteiger partial charge is 0.398 e. The minimum absolute atomic E-state index is 0.694. The molecule has 1 aliphatic rings. The van der Waals surface area contributed by atoms with Crippen molar-refractivity contribution in [3.05, 3.63) is 29.8 Å². The summed E-state index contributed by atoms with van der Waals surface area (Å²) < 4.78 is 5.43. The lowest BCUT2D eigenvalue weighted by molar-refractivity contribution is 0.167. The molecular formula is C14H22N2O. The van der Waals surface area contributed by atoms with Crippen molar-refractivity contribution in [1.29, 1.82) is 0 Å². The van der Waals surface area contributed by atoms with Crippen LogP contribution in [-0.4, -0.2) is 31.2 Å². The van der Waals surface area contributed by atoms with Gasteiger partial charge in [0.15, 0.2) is 0 Å². The first-order valence-corrected chi connectivity index (χ1v) is 6.43. The predicted octanol–water partition coefficient (Wildman–Crippen LogP) is 2.13. The molecule has 0 amide bonds. The SMILES string of the molecule is CCN(Cc1ccccc1N)CC1CCOC1. The average Bonchev–Trinajstić information content (AvgIpc) is 2.84. The van der Waals surface area contributed by atoms with E-state index in [1.165, 1.54) is 12.0 Å². The van der Waals surface area contributed by atoms with E-state index in [2.05, 4.69) is 24.0 Å². The molecule has 1 aromatic rings. The number of benzene rings is 1. The summed E-state index contributed by atoms with van der Waals surface area (Å²) in [5.74, 6) is 0.694. The minimum atomic E-state index is 0.694. The van der Waals surface area contributed by atoms with Crippen LogP contribution >= 0.6 is 0 Å². The van der Waals surface area contributed by atoms with Crippen LogP contribution in [0.25, 0.3) is 0 Å². The van der Waals surface area contributed by atoms with Gasteiger partial charge in [-0.3, -0.25) is 4.90 Å². The van der Waals surface area contributed by atoms with Gasteiger partial charge in [0.05, 0.1) is 6.61 Å². The van der Waals surface area contributed by atoms with Crippen LogP contribution in [0.1, 0.15) is 18.9 Å². The number of ether oxygens (including phenoxy) is 1. The maximum atomic E-state index is 5.98. The van der Waals surface area contributed by atoms with Gasteiger partial charge >= 0.3 is 0 Å². The van der Waals surface area contributed by atoms with Crippen LogP contribution in [0.15, 0.2) is 24.3 Å². The van der Waals surface area contributed by atoms with Crippen LogP contribution in [0.3, 0.4) is 0 Å². The highest BCUT2D eigenvalue weighted by molar-refractivity contribution is 5.46. The Morgan fingerprint density at radius 3 is 2.88 bits per heavy atom. The van der Waals surface area contributed by atoms with Crippen LogP contribution in [-0.2, 0) is 11.3 Å². The van der Waals surface area contributed by atoms with E-state index in [9.17, 15) is 0 Å². The molecule has 3 nitrogen and oxygen atoms in total. The van der Waals surface area contributed by atoms with Crippen molar-refractivity contribution in [3.8, 4) is 0 Å². The molecule has 1 atom stereocenters. The van der Waals surface area contributed by atoms with Crippen molar-refractivity contribution in [2.24, 2.45) is 5.92 Å². The topological polar surface area (TPSA) is 38.5 Å². The molecule has 0 aliphatic carbocycles. The highest BCUT2D eigenvalue weighted by atomic mass is 16.5. The van der Waals surface area contributed by atoms with E-state index in [0.29, 0.717) is 5.92 Å². The number of anilines is 1. The zero-order chi connectivity index (χ0) is 12.1. The predicted molar refractivity (Wildman–Crippen MR) is 70.7 cm³/mol. The molecule has 0 saturated carbocycles. The van der Waals surface area contributed by atoms with Gasteiger partial charge in [0.2, 0.25) is 0 Å². The van der Waals surface area contributed by atoms with Gasteiger partial charge in [-0.1, -0.05) is 25.1 Å². The fourth-order valence-corrected chi connectivity index (χ4v) is 2.32. The Bertz CT molecular complexity index is 348. The molecule has 0 aromatic heterocycles. The standard InChI is InChI=1S/C14H22N2O/c1-2-16(9-12-7-8-17-11-12)10-13-5-3-4-6-14(13)15/h3-6,12H,2,7-11,15H2,1H3. The van der Waals surface area contributed by atoms with Crippen LogP contribution in [0, 0.1) is 5.92 Å². The Morgan fingerprint density at radius 2 is 2.24 bits per heavy atom. The molecule has 1 unspecified atom stereocenters. The molecule has 1 aromatic carbocycles. The Kier molecular flexibility index (Phi) is 4.40. The monoisotopic (exact) mass is 234 g/mol. The third-order valence-corrected chi connectivity index (χ3v) is 3.44. The van der Waals surface area contributed by atoms with Crippen molar-refractivity contribution < 1.29 is 4.74 Å². The molecule has 3 heteroatoms. The van der Waals surface area contributed by atoms with Crippen LogP contribution < -0.4 is 5.73 Å². The van der Waals surface area contributed by atoms with Crippen LogP contribution in [0.4, 0.5) is 5.69 Å².